The second-order valence-electron chi connectivity index (χ2n) is 4.57. The molecule has 3 rings (SSSR count). The molecule has 1 saturated heterocycles. The molecule has 2 aliphatic rings. The smallest absolute Gasteiger partial charge is 0.277 e. The number of imide groups is 2. The maximum atomic E-state index is 12.1. The highest BCUT2D eigenvalue weighted by atomic mass is 16.2. The Hall–Kier alpha value is -2.25. The van der Waals surface area contributed by atoms with E-state index in [1.54, 1.807) is 7.05 Å². The van der Waals surface area contributed by atoms with Crippen molar-refractivity contribution in [3.8, 4) is 0 Å². The summed E-state index contributed by atoms with van der Waals surface area (Å²) in [6, 6.07) is -0.699. The van der Waals surface area contributed by atoms with Gasteiger partial charge in [0.2, 0.25) is 11.8 Å². The van der Waals surface area contributed by atoms with Crippen LogP contribution in [0.4, 0.5) is 4.79 Å². The minimum atomic E-state index is -1.01. The van der Waals surface area contributed by atoms with Crippen molar-refractivity contribution in [3.63, 3.8) is 0 Å². The number of amides is 4. The van der Waals surface area contributed by atoms with Crippen LogP contribution in [0, 0.1) is 5.41 Å². The van der Waals surface area contributed by atoms with Gasteiger partial charge in [-0.05, 0) is 12.8 Å². The molecule has 2 fully saturated rings. The summed E-state index contributed by atoms with van der Waals surface area (Å²) in [6.45, 7) is -0.0134. The molecule has 18 heavy (non-hydrogen) atoms. The van der Waals surface area contributed by atoms with Crippen molar-refractivity contribution in [2.45, 2.75) is 19.4 Å². The quantitative estimate of drug-likeness (QED) is 0.690. The van der Waals surface area contributed by atoms with E-state index >= 15 is 0 Å². The number of aryl methyl sites for hydroxylation is 1. The fourth-order valence-electron chi connectivity index (χ4n) is 2.04. The van der Waals surface area contributed by atoms with Crippen LogP contribution >= 0.6 is 0 Å². The van der Waals surface area contributed by atoms with Crippen molar-refractivity contribution in [3.05, 3.63) is 12.2 Å². The van der Waals surface area contributed by atoms with E-state index in [2.05, 4.69) is 15.4 Å². The molecule has 1 aliphatic carbocycles. The largest absolute Gasteiger partial charge is 0.331 e. The summed E-state index contributed by atoms with van der Waals surface area (Å²) in [5, 5.41) is 6.21. The molecule has 1 spiro atoms. The summed E-state index contributed by atoms with van der Waals surface area (Å²) in [5.74, 6) is -0.558. The summed E-state index contributed by atoms with van der Waals surface area (Å²) in [5.41, 5.74) is -1.01. The predicted molar refractivity (Wildman–Crippen MR) is 56.8 cm³/mol. The van der Waals surface area contributed by atoms with Crippen LogP contribution in [0.2, 0.25) is 0 Å². The fourth-order valence-corrected chi connectivity index (χ4v) is 2.04. The van der Waals surface area contributed by atoms with Crippen molar-refractivity contribution in [1.29, 1.82) is 0 Å². The van der Waals surface area contributed by atoms with Gasteiger partial charge in [-0.1, -0.05) is 0 Å². The molecule has 94 valence electrons. The molecule has 8 nitrogen and oxygen atoms in total. The predicted octanol–water partition coefficient (Wildman–Crippen LogP) is -0.826. The molecule has 0 aromatic carbocycles. The number of hydrogen-bond acceptors (Lipinski definition) is 5. The number of urea groups is 1. The molecule has 1 saturated carbocycles. The van der Waals surface area contributed by atoms with Crippen LogP contribution < -0.4 is 5.32 Å². The first-order valence-corrected chi connectivity index (χ1v) is 5.55. The lowest BCUT2D eigenvalue weighted by atomic mass is 10.0. The van der Waals surface area contributed by atoms with Crippen LogP contribution in [0.1, 0.15) is 18.7 Å². The van der Waals surface area contributed by atoms with E-state index in [9.17, 15) is 14.4 Å². The van der Waals surface area contributed by atoms with Gasteiger partial charge in [0.05, 0.1) is 6.54 Å². The van der Waals surface area contributed by atoms with Crippen molar-refractivity contribution in [1.82, 2.24) is 25.0 Å². The summed E-state index contributed by atoms with van der Waals surface area (Å²) in [6.07, 6.45) is 2.48. The molecule has 1 aromatic heterocycles. The van der Waals surface area contributed by atoms with E-state index in [4.69, 9.17) is 0 Å². The Morgan fingerprint density at radius 2 is 2.11 bits per heavy atom. The van der Waals surface area contributed by atoms with Gasteiger partial charge in [-0.25, -0.2) is 9.78 Å². The Labute approximate surface area is 102 Å². The van der Waals surface area contributed by atoms with Crippen LogP contribution in [0.5, 0.6) is 0 Å². The van der Waals surface area contributed by atoms with Gasteiger partial charge in [-0.3, -0.25) is 24.5 Å². The standard InChI is InChI=1S/C10H11N5O3/c1-14-5-11-6(13-14)4-15-8(17)10(2-3-10)7(16)12-9(15)18/h5H,2-4H2,1H3,(H,12,16,18). The highest BCUT2D eigenvalue weighted by molar-refractivity contribution is 6.20. The Morgan fingerprint density at radius 3 is 2.67 bits per heavy atom. The van der Waals surface area contributed by atoms with Crippen LogP contribution in [0.15, 0.2) is 6.33 Å². The van der Waals surface area contributed by atoms with Gasteiger partial charge in [0.1, 0.15) is 11.7 Å². The number of carbonyl (C=O) groups excluding carboxylic acids is 3. The number of nitrogens with one attached hydrogen (secondary N) is 1. The maximum absolute atomic E-state index is 12.1. The Bertz CT molecular complexity index is 560. The van der Waals surface area contributed by atoms with Gasteiger partial charge < -0.3 is 0 Å². The second-order valence-corrected chi connectivity index (χ2v) is 4.57. The van der Waals surface area contributed by atoms with Gasteiger partial charge in [0.25, 0.3) is 0 Å². The third-order valence-corrected chi connectivity index (χ3v) is 3.25. The number of hydrogen-bond donors (Lipinski definition) is 1. The Kier molecular flexibility index (Phi) is 2.04. The van der Waals surface area contributed by atoms with Gasteiger partial charge in [-0.15, -0.1) is 0 Å². The third-order valence-electron chi connectivity index (χ3n) is 3.25. The van der Waals surface area contributed by atoms with E-state index < -0.39 is 23.3 Å². The van der Waals surface area contributed by atoms with E-state index in [0.29, 0.717) is 18.7 Å². The second kappa shape index (κ2) is 3.37. The number of rotatable bonds is 2. The van der Waals surface area contributed by atoms with Crippen molar-refractivity contribution >= 4 is 17.8 Å². The van der Waals surface area contributed by atoms with E-state index in [1.807, 2.05) is 0 Å². The molecule has 8 heteroatoms. The van der Waals surface area contributed by atoms with Crippen LogP contribution in [-0.2, 0) is 23.2 Å². The average Bonchev–Trinajstić information content (AvgIpc) is 3.02. The number of carbonyl (C=O) groups is 3. The van der Waals surface area contributed by atoms with E-state index in [-0.39, 0.29) is 6.54 Å². The number of aromatic nitrogens is 3. The van der Waals surface area contributed by atoms with Gasteiger partial charge in [-0.2, -0.15) is 5.10 Å². The van der Waals surface area contributed by atoms with Crippen LogP contribution in [0.25, 0.3) is 0 Å². The van der Waals surface area contributed by atoms with E-state index in [0.717, 1.165) is 4.90 Å². The molecule has 1 aliphatic heterocycles. The third kappa shape index (κ3) is 1.41. The molecular weight excluding hydrogens is 238 g/mol. The summed E-state index contributed by atoms with van der Waals surface area (Å²) >= 11 is 0. The molecular formula is C10H11N5O3. The lowest BCUT2D eigenvalue weighted by Gasteiger charge is -2.29. The highest BCUT2D eigenvalue weighted by Crippen LogP contribution is 2.49. The van der Waals surface area contributed by atoms with Gasteiger partial charge >= 0.3 is 6.03 Å². The summed E-state index contributed by atoms with van der Waals surface area (Å²) in [4.78, 5) is 40.3. The fraction of sp³-hybridized carbons (Fsp3) is 0.500. The minimum Gasteiger partial charge on any atom is -0.277 e. The van der Waals surface area contributed by atoms with Crippen molar-refractivity contribution in [2.24, 2.45) is 12.5 Å². The zero-order valence-electron chi connectivity index (χ0n) is 9.71. The van der Waals surface area contributed by atoms with Crippen LogP contribution in [-0.4, -0.2) is 37.5 Å². The zero-order valence-corrected chi connectivity index (χ0v) is 9.71. The molecule has 0 atom stereocenters. The van der Waals surface area contributed by atoms with Crippen LogP contribution in [0.3, 0.4) is 0 Å². The monoisotopic (exact) mass is 249 g/mol. The molecule has 0 bridgehead atoms. The molecule has 4 amide bonds. The maximum Gasteiger partial charge on any atom is 0.331 e. The van der Waals surface area contributed by atoms with E-state index in [1.165, 1.54) is 11.0 Å². The molecule has 1 aromatic rings. The first kappa shape index (κ1) is 10.9. The molecule has 1 N–H and O–H groups in total. The van der Waals surface area contributed by atoms with Crippen molar-refractivity contribution in [2.75, 3.05) is 0 Å². The number of barbiturate groups is 1. The number of nitrogens with zero attached hydrogens (tertiary/aromatic N) is 4. The minimum absolute atomic E-state index is 0.0134. The summed E-state index contributed by atoms with van der Waals surface area (Å²) in [7, 11) is 1.69. The first-order valence-electron chi connectivity index (χ1n) is 5.55. The average molecular weight is 249 g/mol. The summed E-state index contributed by atoms with van der Waals surface area (Å²) < 4.78 is 1.49. The van der Waals surface area contributed by atoms with Gasteiger partial charge in [0.15, 0.2) is 5.82 Å². The Morgan fingerprint density at radius 1 is 1.39 bits per heavy atom. The first-order chi connectivity index (χ1) is 8.53. The molecule has 2 heterocycles. The lowest BCUT2D eigenvalue weighted by molar-refractivity contribution is -0.145. The normalized spacial score (nSPS) is 21.4. The Balaban J connectivity index is 1.85. The highest BCUT2D eigenvalue weighted by Gasteiger charge is 2.62. The van der Waals surface area contributed by atoms with Gasteiger partial charge in [0, 0.05) is 7.05 Å². The topological polar surface area (TPSA) is 97.2 Å². The zero-order chi connectivity index (χ0) is 12.9. The van der Waals surface area contributed by atoms with Crippen molar-refractivity contribution < 1.29 is 14.4 Å². The molecule has 0 radical (unpaired) electrons. The SMILES string of the molecule is Cn1cnc(CN2C(=O)NC(=O)C3(CC3)C2=O)n1. The molecule has 0 unspecified atom stereocenters. The lowest BCUT2D eigenvalue weighted by Crippen LogP contribution is -2.58.